The van der Waals surface area contributed by atoms with Crippen LogP contribution >= 0.6 is 11.3 Å². The largest absolute Gasteiger partial charge is 0.467 e. The number of nitro groups is 1. The van der Waals surface area contributed by atoms with Crippen LogP contribution in [-0.4, -0.2) is 28.1 Å². The number of rotatable bonds is 4. The summed E-state index contributed by atoms with van der Waals surface area (Å²) in [5, 5.41) is 12.5. The van der Waals surface area contributed by atoms with Gasteiger partial charge in [0.2, 0.25) is 0 Å². The minimum atomic E-state index is -0.354. The van der Waals surface area contributed by atoms with Crippen LogP contribution in [-0.2, 0) is 17.9 Å². The Balaban J connectivity index is 1.48. The first kappa shape index (κ1) is 17.5. The second-order valence-corrected chi connectivity index (χ2v) is 8.17. The Labute approximate surface area is 165 Å². The van der Waals surface area contributed by atoms with E-state index in [1.54, 1.807) is 23.5 Å². The molecular weight excluding hydrogens is 378 g/mol. The molecule has 0 spiro atoms. The van der Waals surface area contributed by atoms with E-state index < -0.39 is 0 Å². The third kappa shape index (κ3) is 3.13. The molecule has 3 aromatic rings. The highest BCUT2D eigenvalue weighted by Gasteiger charge is 2.31. The molecule has 7 nitrogen and oxygen atoms in total. The van der Waals surface area contributed by atoms with Crippen molar-refractivity contribution in [1.29, 1.82) is 0 Å². The first-order valence-electron chi connectivity index (χ1n) is 9.29. The number of non-ortho nitro benzene ring substituents is 1. The Hall–Kier alpha value is -2.55. The average Bonchev–Trinajstić information content (AvgIpc) is 3.34. The second-order valence-electron chi connectivity index (χ2n) is 7.11. The predicted molar refractivity (Wildman–Crippen MR) is 105 cm³/mol. The summed E-state index contributed by atoms with van der Waals surface area (Å²) in [5.74, 6) is 0.729. The van der Waals surface area contributed by atoms with Crippen LogP contribution in [0.3, 0.4) is 0 Å². The maximum atomic E-state index is 11.4. The number of fused-ring (bicyclic) bond motifs is 2. The highest BCUT2D eigenvalue weighted by Crippen LogP contribution is 2.40. The molecule has 5 rings (SSSR count). The standard InChI is InChI=1S/C20H19N3O4S/c24-23(25)15-8-13(19-14(9-15)11-26-12-27-19)10-22-7-3-5-17(22)20-21-16-4-1-2-6-18(16)28-20/h1-2,4,6,8-9,17H,3,5,7,10-12H2/t17-/m0/s1. The molecule has 1 aromatic heterocycles. The van der Waals surface area contributed by atoms with Crippen LogP contribution in [0.2, 0.25) is 0 Å². The molecule has 0 N–H and O–H groups in total. The SMILES string of the molecule is O=[N+]([O-])c1cc2c(c(CN3CCC[C@H]3c3nc4ccccc4s3)c1)OCOC2. The first-order valence-corrected chi connectivity index (χ1v) is 10.1. The number of ether oxygens (including phenoxy) is 2. The van der Waals surface area contributed by atoms with Gasteiger partial charge in [-0.15, -0.1) is 11.3 Å². The minimum Gasteiger partial charge on any atom is -0.467 e. The van der Waals surface area contributed by atoms with Crippen molar-refractivity contribution in [2.45, 2.75) is 32.0 Å². The molecule has 0 amide bonds. The monoisotopic (exact) mass is 397 g/mol. The summed E-state index contributed by atoms with van der Waals surface area (Å²) in [7, 11) is 0. The fourth-order valence-corrected chi connectivity index (χ4v) is 5.19. The number of thiazole rings is 1. The van der Waals surface area contributed by atoms with Crippen molar-refractivity contribution in [3.05, 3.63) is 62.6 Å². The summed E-state index contributed by atoms with van der Waals surface area (Å²) in [6, 6.07) is 11.6. The lowest BCUT2D eigenvalue weighted by Crippen LogP contribution is -2.24. The number of hydrogen-bond acceptors (Lipinski definition) is 7. The fraction of sp³-hybridized carbons (Fsp3) is 0.350. The molecule has 1 atom stereocenters. The summed E-state index contributed by atoms with van der Waals surface area (Å²) < 4.78 is 12.2. The van der Waals surface area contributed by atoms with Crippen molar-refractivity contribution in [2.75, 3.05) is 13.3 Å². The van der Waals surface area contributed by atoms with E-state index in [9.17, 15) is 10.1 Å². The van der Waals surface area contributed by atoms with Gasteiger partial charge in [-0.25, -0.2) is 4.98 Å². The summed E-state index contributed by atoms with van der Waals surface area (Å²) in [5.41, 5.74) is 2.70. The van der Waals surface area contributed by atoms with Gasteiger partial charge in [-0.3, -0.25) is 15.0 Å². The van der Waals surface area contributed by atoms with Gasteiger partial charge in [0.1, 0.15) is 10.8 Å². The summed E-state index contributed by atoms with van der Waals surface area (Å²) in [6.45, 7) is 2.06. The maximum absolute atomic E-state index is 11.4. The molecular formula is C20H19N3O4S. The van der Waals surface area contributed by atoms with Gasteiger partial charge in [0.05, 0.1) is 27.8 Å². The van der Waals surface area contributed by atoms with Gasteiger partial charge >= 0.3 is 0 Å². The molecule has 0 saturated carbocycles. The number of aromatic nitrogens is 1. The van der Waals surface area contributed by atoms with Crippen LogP contribution in [0.25, 0.3) is 10.2 Å². The number of nitro benzene ring substituents is 1. The third-order valence-electron chi connectivity index (χ3n) is 5.32. The van der Waals surface area contributed by atoms with Gasteiger partial charge in [-0.1, -0.05) is 12.1 Å². The molecule has 2 aliphatic heterocycles. The molecule has 8 heteroatoms. The van der Waals surface area contributed by atoms with E-state index in [4.69, 9.17) is 14.5 Å². The van der Waals surface area contributed by atoms with Crippen LogP contribution in [0, 0.1) is 10.1 Å². The number of hydrogen-bond donors (Lipinski definition) is 0. The van der Waals surface area contributed by atoms with Gasteiger partial charge in [0.25, 0.3) is 5.69 Å². The van der Waals surface area contributed by atoms with E-state index in [0.717, 1.165) is 46.8 Å². The Bertz CT molecular complexity index is 1020. The van der Waals surface area contributed by atoms with Gasteiger partial charge < -0.3 is 9.47 Å². The lowest BCUT2D eigenvalue weighted by Gasteiger charge is -2.26. The van der Waals surface area contributed by atoms with E-state index >= 15 is 0 Å². The molecule has 144 valence electrons. The Morgan fingerprint density at radius 3 is 3.07 bits per heavy atom. The van der Waals surface area contributed by atoms with Crippen LogP contribution < -0.4 is 4.74 Å². The number of para-hydroxylation sites is 1. The van der Waals surface area contributed by atoms with Crippen molar-refractivity contribution in [3.63, 3.8) is 0 Å². The molecule has 28 heavy (non-hydrogen) atoms. The van der Waals surface area contributed by atoms with Gasteiger partial charge in [-0.2, -0.15) is 0 Å². The van der Waals surface area contributed by atoms with Crippen LogP contribution in [0.1, 0.15) is 35.0 Å². The Kier molecular flexibility index (Phi) is 4.46. The number of benzene rings is 2. The summed E-state index contributed by atoms with van der Waals surface area (Å²) >= 11 is 1.73. The van der Waals surface area contributed by atoms with Gasteiger partial charge in [-0.05, 0) is 31.5 Å². The molecule has 1 fully saturated rings. The van der Waals surface area contributed by atoms with E-state index in [0.29, 0.717) is 13.2 Å². The van der Waals surface area contributed by atoms with Crippen LogP contribution in [0.15, 0.2) is 36.4 Å². The number of likely N-dealkylation sites (tertiary alicyclic amines) is 1. The quantitative estimate of drug-likeness (QED) is 0.479. The molecule has 1 saturated heterocycles. The molecule has 0 bridgehead atoms. The van der Waals surface area contributed by atoms with E-state index in [2.05, 4.69) is 11.0 Å². The zero-order valence-corrected chi connectivity index (χ0v) is 16.0. The average molecular weight is 397 g/mol. The second kappa shape index (κ2) is 7.12. The Morgan fingerprint density at radius 2 is 2.21 bits per heavy atom. The molecule has 3 heterocycles. The zero-order valence-electron chi connectivity index (χ0n) is 15.2. The van der Waals surface area contributed by atoms with Crippen molar-refractivity contribution >= 4 is 27.2 Å². The highest BCUT2D eigenvalue weighted by atomic mass is 32.1. The lowest BCUT2D eigenvalue weighted by molar-refractivity contribution is -0.385. The van der Waals surface area contributed by atoms with E-state index in [1.807, 2.05) is 18.2 Å². The maximum Gasteiger partial charge on any atom is 0.270 e. The van der Waals surface area contributed by atoms with Crippen molar-refractivity contribution < 1.29 is 14.4 Å². The van der Waals surface area contributed by atoms with Crippen molar-refractivity contribution in [1.82, 2.24) is 9.88 Å². The van der Waals surface area contributed by atoms with Crippen LogP contribution in [0.5, 0.6) is 5.75 Å². The zero-order chi connectivity index (χ0) is 19.1. The minimum absolute atomic E-state index is 0.0820. The molecule has 0 radical (unpaired) electrons. The van der Waals surface area contributed by atoms with Crippen molar-refractivity contribution in [3.8, 4) is 5.75 Å². The lowest BCUT2D eigenvalue weighted by atomic mass is 10.1. The smallest absolute Gasteiger partial charge is 0.270 e. The highest BCUT2D eigenvalue weighted by molar-refractivity contribution is 7.18. The summed E-state index contributed by atoms with van der Waals surface area (Å²) in [4.78, 5) is 18.2. The normalized spacial score (nSPS) is 19.5. The molecule has 0 aliphatic carbocycles. The third-order valence-corrected chi connectivity index (χ3v) is 6.45. The number of nitrogens with zero attached hydrogens (tertiary/aromatic N) is 3. The van der Waals surface area contributed by atoms with Gasteiger partial charge in [0, 0.05) is 29.8 Å². The molecule has 0 unspecified atom stereocenters. The first-order chi connectivity index (χ1) is 13.7. The Morgan fingerprint density at radius 1 is 1.32 bits per heavy atom. The van der Waals surface area contributed by atoms with Crippen LogP contribution in [0.4, 0.5) is 5.69 Å². The van der Waals surface area contributed by atoms with Gasteiger partial charge in [0.15, 0.2) is 6.79 Å². The molecule has 2 aliphatic rings. The molecule has 2 aromatic carbocycles. The summed E-state index contributed by atoms with van der Waals surface area (Å²) in [6.07, 6.45) is 2.13. The van der Waals surface area contributed by atoms with Crippen molar-refractivity contribution in [2.24, 2.45) is 0 Å². The van der Waals surface area contributed by atoms with E-state index in [1.165, 1.54) is 4.70 Å². The van der Waals surface area contributed by atoms with E-state index in [-0.39, 0.29) is 23.4 Å². The predicted octanol–water partition coefficient (Wildman–Crippen LogP) is 4.41. The fourth-order valence-electron chi connectivity index (χ4n) is 4.05. The topological polar surface area (TPSA) is 77.7 Å².